The van der Waals surface area contributed by atoms with Gasteiger partial charge in [0.2, 0.25) is 0 Å². The number of aromatic nitrogens is 3. The molecule has 0 spiro atoms. The average molecular weight is 567 g/mol. The Morgan fingerprint density at radius 2 is 1.83 bits per heavy atom. The molecule has 8 nitrogen and oxygen atoms in total. The van der Waals surface area contributed by atoms with Crippen molar-refractivity contribution in [3.05, 3.63) is 88.1 Å². The lowest BCUT2D eigenvalue weighted by atomic mass is 9.95. The minimum absolute atomic E-state index is 0.0555. The summed E-state index contributed by atoms with van der Waals surface area (Å²) >= 11 is 0. The van der Waals surface area contributed by atoms with Gasteiger partial charge in [-0.25, -0.2) is 9.78 Å². The number of hydrogen-bond acceptors (Lipinski definition) is 6. The lowest BCUT2D eigenvalue weighted by Crippen LogP contribution is -2.42. The van der Waals surface area contributed by atoms with Crippen LogP contribution in [0.15, 0.2) is 54.6 Å². The second kappa shape index (κ2) is 12.1. The van der Waals surface area contributed by atoms with E-state index >= 15 is 0 Å². The fourth-order valence-corrected chi connectivity index (χ4v) is 6.31. The van der Waals surface area contributed by atoms with E-state index in [2.05, 4.69) is 41.2 Å². The minimum Gasteiger partial charge on any atom is -0.488 e. The normalized spacial score (nSPS) is 15.9. The summed E-state index contributed by atoms with van der Waals surface area (Å²) in [6.45, 7) is 10.7. The number of aryl methyl sites for hydroxylation is 2. The molecule has 0 unspecified atom stereocenters. The Labute approximate surface area is 246 Å². The van der Waals surface area contributed by atoms with E-state index in [9.17, 15) is 9.90 Å². The van der Waals surface area contributed by atoms with Crippen molar-refractivity contribution < 1.29 is 19.4 Å². The summed E-state index contributed by atoms with van der Waals surface area (Å²) in [5.41, 5.74) is 8.77. The lowest BCUT2D eigenvalue weighted by molar-refractivity contribution is 0.0290. The van der Waals surface area contributed by atoms with Crippen LogP contribution in [-0.4, -0.2) is 56.5 Å². The fourth-order valence-electron chi connectivity index (χ4n) is 6.31. The molecule has 0 aliphatic carbocycles. The SMILES string of the molecule is CCn1nc(C(=O)O)c(C)c1-c1cccc(-c2cccc(C)c2OCc2ccc3c(c2)CCN(C2CCOCC2)C3)n1. The quantitative estimate of drug-likeness (QED) is 0.277. The maximum absolute atomic E-state index is 11.7. The van der Waals surface area contributed by atoms with Gasteiger partial charge in [-0.05, 0) is 80.5 Å². The topological polar surface area (TPSA) is 89.7 Å². The molecule has 2 aromatic carbocycles. The van der Waals surface area contributed by atoms with Crippen LogP contribution in [0.5, 0.6) is 5.75 Å². The largest absolute Gasteiger partial charge is 0.488 e. The monoisotopic (exact) mass is 566 g/mol. The van der Waals surface area contributed by atoms with Crippen LogP contribution in [0.4, 0.5) is 0 Å². The molecule has 2 aliphatic heterocycles. The van der Waals surface area contributed by atoms with E-state index in [1.54, 1.807) is 11.6 Å². The van der Waals surface area contributed by atoms with Crippen LogP contribution >= 0.6 is 0 Å². The summed E-state index contributed by atoms with van der Waals surface area (Å²) in [6.07, 6.45) is 3.32. The zero-order valence-corrected chi connectivity index (χ0v) is 24.6. The summed E-state index contributed by atoms with van der Waals surface area (Å²) < 4.78 is 13.8. The van der Waals surface area contributed by atoms with E-state index in [-0.39, 0.29) is 5.69 Å². The van der Waals surface area contributed by atoms with Gasteiger partial charge < -0.3 is 14.6 Å². The number of aromatic carboxylic acids is 1. The number of carboxylic acid groups (broad SMARTS) is 1. The smallest absolute Gasteiger partial charge is 0.356 e. The maximum atomic E-state index is 11.7. The third kappa shape index (κ3) is 5.56. The zero-order valence-electron chi connectivity index (χ0n) is 24.6. The van der Waals surface area contributed by atoms with Crippen molar-refractivity contribution in [1.29, 1.82) is 0 Å². The summed E-state index contributed by atoms with van der Waals surface area (Å²) in [5, 5.41) is 13.9. The van der Waals surface area contributed by atoms with E-state index in [1.165, 1.54) is 11.1 Å². The van der Waals surface area contributed by atoms with Crippen molar-refractivity contribution in [2.75, 3.05) is 19.8 Å². The van der Waals surface area contributed by atoms with Crippen molar-refractivity contribution in [3.63, 3.8) is 0 Å². The van der Waals surface area contributed by atoms with Crippen LogP contribution < -0.4 is 4.74 Å². The van der Waals surface area contributed by atoms with Crippen molar-refractivity contribution >= 4 is 5.97 Å². The van der Waals surface area contributed by atoms with Gasteiger partial charge in [0.05, 0.1) is 17.1 Å². The van der Waals surface area contributed by atoms with Gasteiger partial charge in [-0.2, -0.15) is 5.10 Å². The van der Waals surface area contributed by atoms with Crippen molar-refractivity contribution in [2.24, 2.45) is 0 Å². The third-order valence-electron chi connectivity index (χ3n) is 8.57. The van der Waals surface area contributed by atoms with Gasteiger partial charge in [0.1, 0.15) is 12.4 Å². The highest BCUT2D eigenvalue weighted by atomic mass is 16.5. The molecule has 4 heterocycles. The first-order chi connectivity index (χ1) is 20.4. The highest BCUT2D eigenvalue weighted by Gasteiger charge is 2.26. The Kier molecular flexibility index (Phi) is 8.09. The molecule has 1 saturated heterocycles. The third-order valence-corrected chi connectivity index (χ3v) is 8.57. The molecule has 2 aromatic heterocycles. The number of rotatable bonds is 8. The van der Waals surface area contributed by atoms with E-state index in [0.717, 1.165) is 79.4 Å². The van der Waals surface area contributed by atoms with Crippen LogP contribution in [0, 0.1) is 13.8 Å². The number of carboxylic acids is 1. The van der Waals surface area contributed by atoms with Crippen LogP contribution in [0.3, 0.4) is 0 Å². The maximum Gasteiger partial charge on any atom is 0.356 e. The molecule has 4 aromatic rings. The fraction of sp³-hybridized carbons (Fsp3) is 0.382. The lowest BCUT2D eigenvalue weighted by Gasteiger charge is -2.37. The Morgan fingerprint density at radius 3 is 2.62 bits per heavy atom. The van der Waals surface area contributed by atoms with Crippen LogP contribution in [0.2, 0.25) is 0 Å². The first-order valence-electron chi connectivity index (χ1n) is 14.9. The number of para-hydroxylation sites is 1. The average Bonchev–Trinajstić information content (AvgIpc) is 3.37. The summed E-state index contributed by atoms with van der Waals surface area (Å²) in [4.78, 5) is 19.3. The number of fused-ring (bicyclic) bond motifs is 1. The molecule has 0 radical (unpaired) electrons. The number of benzene rings is 2. The van der Waals surface area contributed by atoms with Crippen LogP contribution in [0.25, 0.3) is 22.6 Å². The Bertz CT molecular complexity index is 1610. The second-order valence-corrected chi connectivity index (χ2v) is 11.3. The molecule has 0 saturated carbocycles. The van der Waals surface area contributed by atoms with Gasteiger partial charge in [-0.15, -0.1) is 0 Å². The Morgan fingerprint density at radius 1 is 1.05 bits per heavy atom. The Balaban J connectivity index is 1.23. The molecule has 218 valence electrons. The van der Waals surface area contributed by atoms with Crippen molar-refractivity contribution in [2.45, 2.75) is 65.8 Å². The number of ether oxygens (including phenoxy) is 2. The molecule has 1 N–H and O–H groups in total. The predicted molar refractivity (Wildman–Crippen MR) is 162 cm³/mol. The number of pyridine rings is 1. The molecular formula is C34H38N4O4. The van der Waals surface area contributed by atoms with Gasteiger partial charge >= 0.3 is 5.97 Å². The first kappa shape index (κ1) is 28.1. The molecule has 8 heteroatoms. The zero-order chi connectivity index (χ0) is 29.2. The predicted octanol–water partition coefficient (Wildman–Crippen LogP) is 6.06. The van der Waals surface area contributed by atoms with E-state index in [0.29, 0.717) is 30.5 Å². The van der Waals surface area contributed by atoms with Gasteiger partial charge in [0.25, 0.3) is 0 Å². The molecule has 2 aliphatic rings. The van der Waals surface area contributed by atoms with Crippen molar-refractivity contribution in [3.8, 4) is 28.4 Å². The molecule has 42 heavy (non-hydrogen) atoms. The second-order valence-electron chi connectivity index (χ2n) is 11.3. The molecule has 1 fully saturated rings. The summed E-state index contributed by atoms with van der Waals surface area (Å²) in [7, 11) is 0. The molecule has 6 rings (SSSR count). The van der Waals surface area contributed by atoms with Gasteiger partial charge in [-0.3, -0.25) is 9.58 Å². The summed E-state index contributed by atoms with van der Waals surface area (Å²) in [5.74, 6) is -0.234. The number of carbonyl (C=O) groups is 1. The summed E-state index contributed by atoms with van der Waals surface area (Å²) in [6, 6.07) is 19.3. The Hall–Kier alpha value is -4.01. The van der Waals surface area contributed by atoms with Crippen LogP contribution in [0.1, 0.15) is 58.1 Å². The molecule has 0 atom stereocenters. The van der Waals surface area contributed by atoms with Crippen LogP contribution in [-0.2, 0) is 30.9 Å². The number of nitrogens with zero attached hydrogens (tertiary/aromatic N) is 4. The molecule has 0 amide bonds. The van der Waals surface area contributed by atoms with Gasteiger partial charge in [0.15, 0.2) is 5.69 Å². The highest BCUT2D eigenvalue weighted by Crippen LogP contribution is 2.35. The van der Waals surface area contributed by atoms with Crippen molar-refractivity contribution in [1.82, 2.24) is 19.7 Å². The van der Waals surface area contributed by atoms with E-state index < -0.39 is 5.97 Å². The molecule has 0 bridgehead atoms. The van der Waals surface area contributed by atoms with Gasteiger partial charge in [0, 0.05) is 50.0 Å². The highest BCUT2D eigenvalue weighted by molar-refractivity contribution is 5.89. The van der Waals surface area contributed by atoms with Gasteiger partial charge in [-0.1, -0.05) is 36.4 Å². The molecular weight excluding hydrogens is 528 g/mol. The first-order valence-corrected chi connectivity index (χ1v) is 14.9. The number of hydrogen-bond donors (Lipinski definition) is 1. The minimum atomic E-state index is -1.04. The standard InChI is InChI=1S/C34H38N4O4/c1-4-38-32(23(3)31(36-38)34(39)40)30-10-6-9-29(35-30)28-8-5-7-22(2)33(28)42-21-24-11-12-26-20-37(16-13-25(26)19-24)27-14-17-41-18-15-27/h5-12,19,27H,4,13-18,20-21H2,1-3H3,(H,39,40). The van der Waals surface area contributed by atoms with E-state index in [4.69, 9.17) is 14.5 Å². The van der Waals surface area contributed by atoms with E-state index in [1.807, 2.05) is 37.3 Å².